The molecule has 1 rings (SSSR count). The van der Waals surface area contributed by atoms with Gasteiger partial charge in [0.25, 0.3) is 0 Å². The average molecular weight is 205 g/mol. The van der Waals surface area contributed by atoms with Crippen LogP contribution >= 0.6 is 0 Å². The molecule has 0 aromatic carbocycles. The molecule has 2 N–H and O–H groups in total. The Hall–Kier alpha value is 0.0700. The number of nitrogens with two attached hydrogens (primary N) is 1. The van der Waals surface area contributed by atoms with Crippen molar-refractivity contribution in [1.29, 1.82) is 0 Å². The molecule has 3 atom stereocenters. The van der Waals surface area contributed by atoms with Gasteiger partial charge in [-0.05, 0) is 26.2 Å². The fourth-order valence-corrected chi connectivity index (χ4v) is 2.79. The summed E-state index contributed by atoms with van der Waals surface area (Å²) in [6.07, 6.45) is 3.58. The highest BCUT2D eigenvalue weighted by molar-refractivity contribution is 7.85. The van der Waals surface area contributed by atoms with E-state index in [4.69, 9.17) is 10.5 Å². The molecular weight excluding hydrogens is 186 g/mol. The standard InChI is InChI=1S/C9H19NO2S/c1-8(10)7-13(11)6-4-9-3-2-5-12-9/h8-9H,2-7,10H2,1H3. The SMILES string of the molecule is CC(N)CS(=O)CCC1CCCO1. The molecule has 1 fully saturated rings. The lowest BCUT2D eigenvalue weighted by atomic mass is 10.2. The Morgan fingerprint density at radius 2 is 2.46 bits per heavy atom. The number of hydrogen-bond acceptors (Lipinski definition) is 3. The van der Waals surface area contributed by atoms with Crippen LogP contribution in [0.25, 0.3) is 0 Å². The third-order valence-electron chi connectivity index (χ3n) is 2.14. The van der Waals surface area contributed by atoms with Gasteiger partial charge in [0.15, 0.2) is 0 Å². The molecule has 78 valence electrons. The molecule has 0 radical (unpaired) electrons. The molecule has 0 aliphatic carbocycles. The Labute approximate surface area is 82.5 Å². The molecule has 1 heterocycles. The fraction of sp³-hybridized carbons (Fsp3) is 1.00. The van der Waals surface area contributed by atoms with Crippen molar-refractivity contribution in [3.8, 4) is 0 Å². The van der Waals surface area contributed by atoms with Crippen molar-refractivity contribution in [3.63, 3.8) is 0 Å². The molecule has 0 aromatic rings. The zero-order valence-electron chi connectivity index (χ0n) is 8.20. The summed E-state index contributed by atoms with van der Waals surface area (Å²) in [7, 11) is -0.751. The lowest BCUT2D eigenvalue weighted by Gasteiger charge is -2.09. The van der Waals surface area contributed by atoms with Gasteiger partial charge in [0.2, 0.25) is 0 Å². The van der Waals surface area contributed by atoms with E-state index in [9.17, 15) is 4.21 Å². The van der Waals surface area contributed by atoms with E-state index < -0.39 is 10.8 Å². The molecule has 1 aliphatic heterocycles. The predicted molar refractivity (Wildman–Crippen MR) is 55.1 cm³/mol. The van der Waals surface area contributed by atoms with Gasteiger partial charge in [-0.2, -0.15) is 0 Å². The van der Waals surface area contributed by atoms with Gasteiger partial charge in [0.05, 0.1) is 6.10 Å². The van der Waals surface area contributed by atoms with Gasteiger partial charge in [0, 0.05) is 35.0 Å². The van der Waals surface area contributed by atoms with Crippen LogP contribution in [-0.4, -0.2) is 34.5 Å². The maximum absolute atomic E-state index is 11.4. The van der Waals surface area contributed by atoms with E-state index in [-0.39, 0.29) is 6.04 Å². The summed E-state index contributed by atoms with van der Waals surface area (Å²) in [6, 6.07) is 0.0466. The van der Waals surface area contributed by atoms with Gasteiger partial charge in [-0.1, -0.05) is 0 Å². The van der Waals surface area contributed by atoms with Gasteiger partial charge in [-0.15, -0.1) is 0 Å². The molecule has 1 saturated heterocycles. The van der Waals surface area contributed by atoms with E-state index in [0.29, 0.717) is 11.9 Å². The summed E-state index contributed by atoms with van der Waals surface area (Å²) in [4.78, 5) is 0. The summed E-state index contributed by atoms with van der Waals surface area (Å²) >= 11 is 0. The monoisotopic (exact) mass is 205 g/mol. The number of hydrogen-bond donors (Lipinski definition) is 1. The zero-order chi connectivity index (χ0) is 9.68. The van der Waals surface area contributed by atoms with E-state index in [1.165, 1.54) is 0 Å². The third-order valence-corrected chi connectivity index (χ3v) is 3.73. The fourth-order valence-electron chi connectivity index (χ4n) is 1.51. The molecule has 3 unspecified atom stereocenters. The predicted octanol–water partition coefficient (Wildman–Crippen LogP) is 0.651. The van der Waals surface area contributed by atoms with Gasteiger partial charge in [-0.3, -0.25) is 4.21 Å². The first-order chi connectivity index (χ1) is 6.18. The Morgan fingerprint density at radius 1 is 1.69 bits per heavy atom. The molecular formula is C9H19NO2S. The smallest absolute Gasteiger partial charge is 0.0584 e. The van der Waals surface area contributed by atoms with Crippen LogP contribution in [0.1, 0.15) is 26.2 Å². The summed E-state index contributed by atoms with van der Waals surface area (Å²) in [5.41, 5.74) is 5.55. The molecule has 0 bridgehead atoms. The van der Waals surface area contributed by atoms with Crippen LogP contribution in [0.5, 0.6) is 0 Å². The van der Waals surface area contributed by atoms with Gasteiger partial charge in [-0.25, -0.2) is 0 Å². The average Bonchev–Trinajstić information content (AvgIpc) is 2.51. The van der Waals surface area contributed by atoms with E-state index in [2.05, 4.69) is 0 Å². The molecule has 0 aromatic heterocycles. The highest BCUT2D eigenvalue weighted by atomic mass is 32.2. The summed E-state index contributed by atoms with van der Waals surface area (Å²) in [5.74, 6) is 1.36. The van der Waals surface area contributed by atoms with Crippen LogP contribution in [0.15, 0.2) is 0 Å². The normalized spacial score (nSPS) is 27.4. The van der Waals surface area contributed by atoms with Gasteiger partial charge in [0.1, 0.15) is 0 Å². The first-order valence-corrected chi connectivity index (χ1v) is 6.39. The van der Waals surface area contributed by atoms with E-state index in [1.807, 2.05) is 6.92 Å². The highest BCUT2D eigenvalue weighted by Crippen LogP contribution is 2.15. The Morgan fingerprint density at radius 3 is 3.00 bits per heavy atom. The van der Waals surface area contributed by atoms with Crippen LogP contribution in [0.4, 0.5) is 0 Å². The Bertz CT molecular complexity index is 167. The van der Waals surface area contributed by atoms with Crippen molar-refractivity contribution >= 4 is 10.8 Å². The van der Waals surface area contributed by atoms with E-state index in [0.717, 1.165) is 31.6 Å². The van der Waals surface area contributed by atoms with Crippen LogP contribution < -0.4 is 5.73 Å². The van der Waals surface area contributed by atoms with Gasteiger partial charge < -0.3 is 10.5 Å². The molecule has 0 amide bonds. The summed E-state index contributed by atoms with van der Waals surface area (Å²) < 4.78 is 16.8. The maximum Gasteiger partial charge on any atom is 0.0584 e. The minimum atomic E-state index is -0.751. The van der Waals surface area contributed by atoms with Crippen molar-refractivity contribution in [2.24, 2.45) is 5.73 Å². The summed E-state index contributed by atoms with van der Waals surface area (Å²) in [6.45, 7) is 2.77. The maximum atomic E-state index is 11.4. The molecule has 0 spiro atoms. The van der Waals surface area contributed by atoms with Gasteiger partial charge >= 0.3 is 0 Å². The van der Waals surface area contributed by atoms with Crippen molar-refractivity contribution < 1.29 is 8.95 Å². The van der Waals surface area contributed by atoms with Crippen LogP contribution in [0, 0.1) is 0 Å². The topological polar surface area (TPSA) is 52.3 Å². The number of ether oxygens (including phenoxy) is 1. The van der Waals surface area contributed by atoms with E-state index in [1.54, 1.807) is 0 Å². The second kappa shape index (κ2) is 5.73. The third kappa shape index (κ3) is 4.74. The number of rotatable bonds is 5. The Kier molecular flexibility index (Phi) is 4.91. The highest BCUT2D eigenvalue weighted by Gasteiger charge is 2.16. The zero-order valence-corrected chi connectivity index (χ0v) is 9.02. The minimum Gasteiger partial charge on any atom is -0.378 e. The molecule has 4 heteroatoms. The first kappa shape index (κ1) is 11.1. The van der Waals surface area contributed by atoms with Crippen molar-refractivity contribution in [1.82, 2.24) is 0 Å². The molecule has 0 saturated carbocycles. The van der Waals surface area contributed by atoms with Crippen LogP contribution in [0.3, 0.4) is 0 Å². The molecule has 3 nitrogen and oxygen atoms in total. The van der Waals surface area contributed by atoms with Crippen molar-refractivity contribution in [3.05, 3.63) is 0 Å². The van der Waals surface area contributed by atoms with Crippen molar-refractivity contribution in [2.45, 2.75) is 38.3 Å². The second-order valence-corrected chi connectivity index (χ2v) is 5.33. The lowest BCUT2D eigenvalue weighted by Crippen LogP contribution is -2.25. The summed E-state index contributed by atoms with van der Waals surface area (Å²) in [5, 5.41) is 0. The lowest BCUT2D eigenvalue weighted by molar-refractivity contribution is 0.109. The quantitative estimate of drug-likeness (QED) is 0.717. The van der Waals surface area contributed by atoms with Crippen LogP contribution in [0.2, 0.25) is 0 Å². The molecule has 13 heavy (non-hydrogen) atoms. The minimum absolute atomic E-state index is 0.0466. The molecule has 1 aliphatic rings. The van der Waals surface area contributed by atoms with Crippen LogP contribution in [-0.2, 0) is 15.5 Å². The second-order valence-electron chi connectivity index (χ2n) is 3.71. The van der Waals surface area contributed by atoms with E-state index >= 15 is 0 Å². The Balaban J connectivity index is 2.07. The largest absolute Gasteiger partial charge is 0.378 e. The first-order valence-electron chi connectivity index (χ1n) is 4.90. The van der Waals surface area contributed by atoms with Crippen molar-refractivity contribution in [2.75, 3.05) is 18.1 Å².